The standard InChI is InChI=1S/C26H21N3O3S/c1-16-6-11-22-24(12-16)33-26(27-22)28-25(31)20-5-3-4-19-21(20)14-29(23(19)15-30)13-17-7-9-18(32-2)10-8-17/h3-12H,13-14H2,1-2H3,(H,27,28,31). The van der Waals surface area contributed by atoms with Crippen molar-refractivity contribution in [3.05, 3.63) is 88.5 Å². The Labute approximate surface area is 195 Å². The SMILES string of the molecule is COc1ccc(CN2Cc3c(C(=O)Nc4nc5ccc(C)cc5s4)cccc3C2=C=O)cc1. The Bertz CT molecular complexity index is 1420. The van der Waals surface area contributed by atoms with E-state index >= 15 is 0 Å². The monoisotopic (exact) mass is 455 g/mol. The Kier molecular flexibility index (Phi) is 5.42. The molecule has 0 spiro atoms. The molecule has 1 N–H and O–H groups in total. The van der Waals surface area contributed by atoms with Crippen LogP contribution in [-0.4, -0.2) is 28.8 Å². The maximum absolute atomic E-state index is 13.2. The van der Waals surface area contributed by atoms with Crippen LogP contribution in [0.25, 0.3) is 15.9 Å². The molecule has 1 amide bonds. The van der Waals surface area contributed by atoms with Gasteiger partial charge in [0.2, 0.25) is 0 Å². The number of carbonyl (C=O) groups excluding carboxylic acids is 2. The fraction of sp³-hybridized carbons (Fsp3) is 0.154. The molecule has 1 aliphatic heterocycles. The molecule has 5 rings (SSSR count). The highest BCUT2D eigenvalue weighted by atomic mass is 32.1. The summed E-state index contributed by atoms with van der Waals surface area (Å²) in [6.07, 6.45) is 0. The summed E-state index contributed by atoms with van der Waals surface area (Å²) in [6.45, 7) is 3.01. The summed E-state index contributed by atoms with van der Waals surface area (Å²) < 4.78 is 6.25. The average Bonchev–Trinajstić information content (AvgIpc) is 3.38. The van der Waals surface area contributed by atoms with Crippen LogP contribution in [0.2, 0.25) is 0 Å². The molecule has 0 saturated carbocycles. The molecule has 1 aliphatic rings. The van der Waals surface area contributed by atoms with Crippen LogP contribution in [0.1, 0.15) is 32.6 Å². The highest BCUT2D eigenvalue weighted by Gasteiger charge is 2.29. The fourth-order valence-electron chi connectivity index (χ4n) is 4.09. The topological polar surface area (TPSA) is 71.5 Å². The molecule has 3 aromatic carbocycles. The average molecular weight is 456 g/mol. The molecule has 0 atom stereocenters. The van der Waals surface area contributed by atoms with Gasteiger partial charge in [-0.3, -0.25) is 10.1 Å². The Balaban J connectivity index is 1.40. The Hall–Kier alpha value is -3.93. The van der Waals surface area contributed by atoms with E-state index in [1.165, 1.54) is 11.3 Å². The molecule has 33 heavy (non-hydrogen) atoms. The van der Waals surface area contributed by atoms with E-state index in [0.29, 0.717) is 29.5 Å². The van der Waals surface area contributed by atoms with E-state index in [9.17, 15) is 9.59 Å². The second-order valence-corrected chi connectivity index (χ2v) is 8.96. The number of anilines is 1. The lowest BCUT2D eigenvalue weighted by Crippen LogP contribution is -2.17. The number of thiazole rings is 1. The lowest BCUT2D eigenvalue weighted by atomic mass is 10.0. The molecule has 164 valence electrons. The molecule has 0 fully saturated rings. The van der Waals surface area contributed by atoms with Gasteiger partial charge in [-0.25, -0.2) is 9.78 Å². The molecule has 7 heteroatoms. The third-order valence-corrected chi connectivity index (χ3v) is 6.67. The van der Waals surface area contributed by atoms with Gasteiger partial charge in [-0.2, -0.15) is 0 Å². The Morgan fingerprint density at radius 1 is 1.18 bits per heavy atom. The molecule has 1 aromatic heterocycles. The van der Waals surface area contributed by atoms with Crippen LogP contribution in [0.4, 0.5) is 5.13 Å². The maximum atomic E-state index is 13.2. The number of aromatic nitrogens is 1. The van der Waals surface area contributed by atoms with Crippen molar-refractivity contribution >= 4 is 44.2 Å². The van der Waals surface area contributed by atoms with Crippen LogP contribution in [0.15, 0.2) is 60.7 Å². The van der Waals surface area contributed by atoms with Crippen LogP contribution in [-0.2, 0) is 17.9 Å². The zero-order chi connectivity index (χ0) is 22.9. The number of rotatable bonds is 5. The van der Waals surface area contributed by atoms with E-state index in [1.807, 2.05) is 54.3 Å². The molecule has 0 unspecified atom stereocenters. The van der Waals surface area contributed by atoms with Crippen molar-refractivity contribution in [1.29, 1.82) is 0 Å². The lowest BCUT2D eigenvalue weighted by molar-refractivity contribution is 0.102. The van der Waals surface area contributed by atoms with E-state index in [0.717, 1.165) is 38.2 Å². The van der Waals surface area contributed by atoms with E-state index in [1.54, 1.807) is 19.2 Å². The number of hydrogen-bond acceptors (Lipinski definition) is 6. The molecule has 6 nitrogen and oxygen atoms in total. The van der Waals surface area contributed by atoms with Gasteiger partial charge in [0.1, 0.15) is 11.4 Å². The lowest BCUT2D eigenvalue weighted by Gasteiger charge is -2.18. The summed E-state index contributed by atoms with van der Waals surface area (Å²) >= 11 is 1.45. The first kappa shape index (κ1) is 20.9. The van der Waals surface area contributed by atoms with Gasteiger partial charge in [0.25, 0.3) is 5.91 Å². The maximum Gasteiger partial charge on any atom is 0.257 e. The quantitative estimate of drug-likeness (QED) is 0.426. The molecule has 0 radical (unpaired) electrons. The number of benzene rings is 3. The summed E-state index contributed by atoms with van der Waals surface area (Å²) in [4.78, 5) is 31.5. The number of aryl methyl sites for hydroxylation is 1. The van der Waals surface area contributed by atoms with Gasteiger partial charge in [-0.05, 0) is 53.9 Å². The zero-order valence-corrected chi connectivity index (χ0v) is 19.0. The van der Waals surface area contributed by atoms with E-state index in [4.69, 9.17) is 4.74 Å². The van der Waals surface area contributed by atoms with Crippen molar-refractivity contribution in [3.8, 4) is 5.75 Å². The van der Waals surface area contributed by atoms with Gasteiger partial charge in [0.05, 0.1) is 17.3 Å². The minimum absolute atomic E-state index is 0.237. The van der Waals surface area contributed by atoms with Crippen molar-refractivity contribution in [3.63, 3.8) is 0 Å². The van der Waals surface area contributed by atoms with Gasteiger partial charge in [-0.15, -0.1) is 0 Å². The van der Waals surface area contributed by atoms with Gasteiger partial charge in [0, 0.05) is 24.2 Å². The molecule has 4 aromatic rings. The molecular weight excluding hydrogens is 434 g/mol. The normalized spacial score (nSPS) is 12.5. The Morgan fingerprint density at radius 2 is 2.00 bits per heavy atom. The summed E-state index contributed by atoms with van der Waals surface area (Å²) in [5.41, 5.74) is 5.60. The molecular formula is C26H21N3O3S. The first-order valence-corrected chi connectivity index (χ1v) is 11.3. The summed E-state index contributed by atoms with van der Waals surface area (Å²) in [5, 5.41) is 3.49. The first-order valence-electron chi connectivity index (χ1n) is 10.5. The smallest absolute Gasteiger partial charge is 0.257 e. The number of nitrogens with zero attached hydrogens (tertiary/aromatic N) is 2. The minimum atomic E-state index is -0.237. The van der Waals surface area contributed by atoms with E-state index in [-0.39, 0.29) is 5.91 Å². The molecule has 0 bridgehead atoms. The highest BCUT2D eigenvalue weighted by molar-refractivity contribution is 7.22. The number of carbonyl (C=O) groups is 1. The van der Waals surface area contributed by atoms with Crippen LogP contribution in [0, 0.1) is 6.92 Å². The number of ether oxygens (including phenoxy) is 1. The molecule has 2 heterocycles. The number of fused-ring (bicyclic) bond motifs is 2. The fourth-order valence-corrected chi connectivity index (χ4v) is 5.05. The van der Waals surface area contributed by atoms with Crippen molar-refractivity contribution in [2.75, 3.05) is 12.4 Å². The zero-order valence-electron chi connectivity index (χ0n) is 18.2. The summed E-state index contributed by atoms with van der Waals surface area (Å²) in [7, 11) is 1.63. The summed E-state index contributed by atoms with van der Waals surface area (Å²) in [6, 6.07) is 19.2. The Morgan fingerprint density at radius 3 is 2.76 bits per heavy atom. The van der Waals surface area contributed by atoms with E-state index < -0.39 is 0 Å². The first-order chi connectivity index (χ1) is 16.1. The number of amides is 1. The largest absolute Gasteiger partial charge is 0.497 e. The van der Waals surface area contributed by atoms with Gasteiger partial charge >= 0.3 is 0 Å². The van der Waals surface area contributed by atoms with Crippen molar-refractivity contribution in [1.82, 2.24) is 9.88 Å². The summed E-state index contributed by atoms with van der Waals surface area (Å²) in [5.74, 6) is 2.62. The van der Waals surface area contributed by atoms with Gasteiger partial charge < -0.3 is 9.64 Å². The van der Waals surface area contributed by atoms with Crippen molar-refractivity contribution in [2.45, 2.75) is 20.0 Å². The van der Waals surface area contributed by atoms with E-state index in [2.05, 4.69) is 22.3 Å². The predicted octanol–water partition coefficient (Wildman–Crippen LogP) is 5.05. The van der Waals surface area contributed by atoms with Gasteiger partial charge in [-0.1, -0.05) is 41.7 Å². The van der Waals surface area contributed by atoms with Gasteiger partial charge in [0.15, 0.2) is 11.1 Å². The number of hydrogen-bond donors (Lipinski definition) is 1. The predicted molar refractivity (Wildman–Crippen MR) is 130 cm³/mol. The third kappa shape index (κ3) is 4.00. The van der Waals surface area contributed by atoms with Crippen molar-refractivity contribution < 1.29 is 14.3 Å². The van der Waals surface area contributed by atoms with Crippen LogP contribution < -0.4 is 10.1 Å². The second-order valence-electron chi connectivity index (χ2n) is 7.93. The number of methoxy groups -OCH3 is 1. The molecule has 0 saturated heterocycles. The van der Waals surface area contributed by atoms with Crippen LogP contribution in [0.3, 0.4) is 0 Å². The van der Waals surface area contributed by atoms with Crippen LogP contribution >= 0.6 is 11.3 Å². The third-order valence-electron chi connectivity index (χ3n) is 5.73. The van der Waals surface area contributed by atoms with Crippen molar-refractivity contribution in [2.24, 2.45) is 0 Å². The second kappa shape index (κ2) is 8.54. The molecule has 0 aliphatic carbocycles. The van der Waals surface area contributed by atoms with Crippen LogP contribution in [0.5, 0.6) is 5.75 Å². The highest BCUT2D eigenvalue weighted by Crippen LogP contribution is 2.35. The number of nitrogens with one attached hydrogen (secondary N) is 1. The minimum Gasteiger partial charge on any atom is -0.497 e.